The van der Waals surface area contributed by atoms with Crippen molar-refractivity contribution in [1.82, 2.24) is 4.57 Å². The van der Waals surface area contributed by atoms with Crippen LogP contribution in [0, 0.1) is 0 Å². The van der Waals surface area contributed by atoms with Crippen molar-refractivity contribution in [1.29, 1.82) is 0 Å². The average molecular weight is 518 g/mol. The fourth-order valence-electron chi connectivity index (χ4n) is 6.29. The van der Waals surface area contributed by atoms with Crippen LogP contribution in [0.5, 0.6) is 0 Å². The summed E-state index contributed by atoms with van der Waals surface area (Å²) in [4.78, 5) is 2.86. The first-order valence-electron chi connectivity index (χ1n) is 12.2. The summed E-state index contributed by atoms with van der Waals surface area (Å²) in [6.45, 7) is 0.360. The van der Waals surface area contributed by atoms with Crippen molar-refractivity contribution < 1.29 is 0 Å². The number of aromatic nitrogens is 1. The third-order valence-corrected chi connectivity index (χ3v) is 11.3. The van der Waals surface area contributed by atoms with Gasteiger partial charge in [-0.1, -0.05) is 0 Å². The molecule has 4 heteroatoms. The molecule has 1 nitrogen and oxygen atoms in total. The second-order valence-corrected chi connectivity index (χ2v) is 12.9. The van der Waals surface area contributed by atoms with E-state index in [1.54, 1.807) is 15.5 Å². The maximum atomic E-state index is 2.56. The van der Waals surface area contributed by atoms with E-state index in [9.17, 15) is 0 Å². The summed E-state index contributed by atoms with van der Waals surface area (Å²) in [5, 5.41) is 1.45. The molecule has 1 aliphatic carbocycles. The van der Waals surface area contributed by atoms with Gasteiger partial charge in [-0.3, -0.25) is 0 Å². The molecule has 34 heavy (non-hydrogen) atoms. The number of nitrogens with zero attached hydrogens (tertiary/aromatic N) is 1. The van der Waals surface area contributed by atoms with Crippen LogP contribution in [0.3, 0.4) is 0 Å². The summed E-state index contributed by atoms with van der Waals surface area (Å²) >= 11 is 2.36. The molecule has 0 unspecified atom stereocenters. The molecular formula is C30H22BNSSe. The molecule has 3 aliphatic rings. The number of hydrogen-bond acceptors (Lipinski definition) is 1. The predicted octanol–water partition coefficient (Wildman–Crippen LogP) is 3.46. The molecule has 0 saturated carbocycles. The second-order valence-electron chi connectivity index (χ2n) is 9.55. The summed E-state index contributed by atoms with van der Waals surface area (Å²) in [7, 11) is 0. The van der Waals surface area contributed by atoms with E-state index in [1.807, 2.05) is 11.8 Å². The van der Waals surface area contributed by atoms with E-state index in [0.717, 1.165) is 0 Å². The molecule has 8 rings (SSSR count). The molecule has 0 amide bonds. The van der Waals surface area contributed by atoms with Gasteiger partial charge in [-0.25, -0.2) is 0 Å². The van der Waals surface area contributed by atoms with Crippen molar-refractivity contribution in [2.75, 3.05) is 0 Å². The van der Waals surface area contributed by atoms with Crippen molar-refractivity contribution in [3.63, 3.8) is 0 Å². The first kappa shape index (κ1) is 19.6. The van der Waals surface area contributed by atoms with Gasteiger partial charge >= 0.3 is 212 Å². The molecule has 0 bridgehead atoms. The van der Waals surface area contributed by atoms with E-state index in [-0.39, 0.29) is 0 Å². The molecule has 3 heterocycles. The summed E-state index contributed by atoms with van der Waals surface area (Å²) in [6.07, 6.45) is 4.99. The zero-order valence-corrected chi connectivity index (χ0v) is 21.3. The first-order chi connectivity index (χ1) is 16.9. The Balaban J connectivity index is 1.36. The molecule has 4 aromatic carbocycles. The van der Waals surface area contributed by atoms with E-state index in [2.05, 4.69) is 89.5 Å². The Bertz CT molecular complexity index is 1640. The van der Waals surface area contributed by atoms with Crippen LogP contribution < -0.4 is 25.3 Å². The molecule has 0 atom stereocenters. The number of rotatable bonds is 1. The van der Waals surface area contributed by atoms with Crippen LogP contribution in [-0.4, -0.2) is 26.2 Å². The molecule has 162 valence electrons. The van der Waals surface area contributed by atoms with Gasteiger partial charge in [-0.05, 0) is 0 Å². The molecule has 0 saturated heterocycles. The third kappa shape index (κ3) is 2.71. The third-order valence-electron chi connectivity index (χ3n) is 7.73. The topological polar surface area (TPSA) is 4.93 Å². The van der Waals surface area contributed by atoms with Gasteiger partial charge in [0.2, 0.25) is 0 Å². The maximum absolute atomic E-state index is 2.56. The van der Waals surface area contributed by atoms with Gasteiger partial charge < -0.3 is 0 Å². The van der Waals surface area contributed by atoms with Crippen molar-refractivity contribution in [2.45, 2.75) is 35.5 Å². The number of fused-ring (bicyclic) bond motifs is 7. The van der Waals surface area contributed by atoms with Crippen LogP contribution >= 0.6 is 11.8 Å². The number of benzene rings is 4. The molecular weight excluding hydrogens is 496 g/mol. The molecule has 5 aromatic rings. The summed E-state index contributed by atoms with van der Waals surface area (Å²) < 4.78 is 5.66. The van der Waals surface area contributed by atoms with E-state index < -0.39 is 0 Å². The van der Waals surface area contributed by atoms with Crippen molar-refractivity contribution in [3.8, 4) is 5.69 Å². The number of hydrogen-bond donors (Lipinski definition) is 0. The van der Waals surface area contributed by atoms with E-state index >= 15 is 0 Å². The zero-order valence-electron chi connectivity index (χ0n) is 18.8. The van der Waals surface area contributed by atoms with Crippen LogP contribution in [-0.2, 0) is 12.8 Å². The standard InChI is InChI=1S/C30H22BNSSe/c1-4-11-24-20(8-1)21-9-2-5-12-25(21)32(24)19-16-17-22-27(18-19)33-26-13-7-15-29-30(26)31(22)23-10-3-6-14-28(23)34-29/h1,3-4,6-8,10-11,13-18H,2,5,9,12H2. The Morgan fingerprint density at radius 3 is 2.59 bits per heavy atom. The van der Waals surface area contributed by atoms with E-state index in [1.165, 1.54) is 73.1 Å². The minimum absolute atomic E-state index is 0.360. The first-order valence-corrected chi connectivity index (χ1v) is 14.7. The van der Waals surface area contributed by atoms with Crippen LogP contribution in [0.25, 0.3) is 16.6 Å². The van der Waals surface area contributed by atoms with Gasteiger partial charge in [0.25, 0.3) is 0 Å². The Hall–Kier alpha value is -2.65. The number of aryl methyl sites for hydroxylation is 1. The van der Waals surface area contributed by atoms with Crippen molar-refractivity contribution in [3.05, 3.63) is 96.2 Å². The number of para-hydroxylation sites is 1. The van der Waals surface area contributed by atoms with E-state index in [0.29, 0.717) is 21.7 Å². The molecule has 2 aliphatic heterocycles. The van der Waals surface area contributed by atoms with Crippen LogP contribution in [0.2, 0.25) is 0 Å². The van der Waals surface area contributed by atoms with Gasteiger partial charge in [0.15, 0.2) is 0 Å². The summed E-state index contributed by atoms with van der Waals surface area (Å²) in [5.74, 6) is 0. The quantitative estimate of drug-likeness (QED) is 0.302. The van der Waals surface area contributed by atoms with Crippen LogP contribution in [0.1, 0.15) is 24.1 Å². The van der Waals surface area contributed by atoms with Gasteiger partial charge in [0.05, 0.1) is 0 Å². The summed E-state index contributed by atoms with van der Waals surface area (Å²) in [6, 6.07) is 32.4. The van der Waals surface area contributed by atoms with Crippen molar-refractivity contribution in [2.24, 2.45) is 0 Å². The molecule has 1 aromatic heterocycles. The monoisotopic (exact) mass is 519 g/mol. The second kappa shape index (κ2) is 7.42. The van der Waals surface area contributed by atoms with Gasteiger partial charge in [-0.15, -0.1) is 0 Å². The molecule has 0 N–H and O–H groups in total. The Morgan fingerprint density at radius 2 is 1.59 bits per heavy atom. The molecule has 0 spiro atoms. The Morgan fingerprint density at radius 1 is 0.735 bits per heavy atom. The van der Waals surface area contributed by atoms with E-state index in [4.69, 9.17) is 0 Å². The van der Waals surface area contributed by atoms with Crippen LogP contribution in [0.15, 0.2) is 94.7 Å². The molecule has 0 fully saturated rings. The zero-order chi connectivity index (χ0) is 22.2. The van der Waals surface area contributed by atoms with Gasteiger partial charge in [-0.2, -0.15) is 0 Å². The van der Waals surface area contributed by atoms with Gasteiger partial charge in [0.1, 0.15) is 0 Å². The fraction of sp³-hybridized carbons (Fsp3) is 0.133. The fourth-order valence-corrected chi connectivity index (χ4v) is 10.1. The summed E-state index contributed by atoms with van der Waals surface area (Å²) in [5.41, 5.74) is 10.3. The van der Waals surface area contributed by atoms with Gasteiger partial charge in [0, 0.05) is 0 Å². The van der Waals surface area contributed by atoms with Crippen LogP contribution in [0.4, 0.5) is 0 Å². The Kier molecular flexibility index (Phi) is 4.29. The predicted molar refractivity (Wildman–Crippen MR) is 147 cm³/mol. The Labute approximate surface area is 210 Å². The normalized spacial score (nSPS) is 15.5. The van der Waals surface area contributed by atoms with Crippen molar-refractivity contribution >= 4 is 69.6 Å². The minimum atomic E-state index is 0.360. The SMILES string of the molecule is c1ccc2c(c1)[Se]c1cccc3c1B2c1ccc(-n2c4c(c5ccccc52)CCCC4)cc1S3. The molecule has 0 radical (unpaired) electrons. The average Bonchev–Trinajstić information content (AvgIpc) is 3.23.